The molecule has 0 aliphatic rings. The number of hydrogen-bond donors (Lipinski definition) is 0. The summed E-state index contributed by atoms with van der Waals surface area (Å²) in [5, 5.41) is 0. The molecule has 0 unspecified atom stereocenters. The maximum atomic E-state index is 12.7. The van der Waals surface area contributed by atoms with E-state index in [1.54, 1.807) is 67.4 Å². The Hall–Kier alpha value is -4.04. The predicted octanol–water partition coefficient (Wildman–Crippen LogP) is 7.08. The topological polar surface area (TPSA) is 88.1 Å². The van der Waals surface area contributed by atoms with Crippen LogP contribution in [0.2, 0.25) is 0 Å². The van der Waals surface area contributed by atoms with Crippen molar-refractivity contribution in [1.29, 1.82) is 0 Å². The number of benzene rings is 3. The Morgan fingerprint density at radius 1 is 0.825 bits per heavy atom. The monoisotopic (exact) mass is 562 g/mol. The van der Waals surface area contributed by atoms with Gasteiger partial charge >= 0.3 is 17.9 Å². The first-order valence-electron chi connectivity index (χ1n) is 13.2. The number of thioether (sulfide) groups is 1. The van der Waals surface area contributed by atoms with E-state index in [2.05, 4.69) is 13.5 Å². The number of rotatable bonds is 15. The molecule has 3 aromatic carbocycles. The van der Waals surface area contributed by atoms with Crippen LogP contribution >= 0.6 is 11.8 Å². The quantitative estimate of drug-likeness (QED) is 0.0639. The van der Waals surface area contributed by atoms with Crippen LogP contribution in [0.1, 0.15) is 58.9 Å². The van der Waals surface area contributed by atoms with Crippen molar-refractivity contribution in [2.75, 3.05) is 19.5 Å². The van der Waals surface area contributed by atoms with Crippen LogP contribution in [0.25, 0.3) is 0 Å². The molecule has 0 atom stereocenters. The number of unbranched alkanes of at least 4 members (excludes halogenated alkanes) is 2. The Morgan fingerprint density at radius 3 is 2.08 bits per heavy atom. The highest BCUT2D eigenvalue weighted by Crippen LogP contribution is 2.31. The van der Waals surface area contributed by atoms with Crippen LogP contribution in [-0.4, -0.2) is 37.4 Å². The van der Waals surface area contributed by atoms with Crippen molar-refractivity contribution in [3.05, 3.63) is 96.1 Å². The zero-order valence-corrected chi connectivity index (χ0v) is 23.7. The van der Waals surface area contributed by atoms with Crippen LogP contribution in [0.5, 0.6) is 17.2 Å². The number of esters is 3. The van der Waals surface area contributed by atoms with Gasteiger partial charge in [0.15, 0.2) is 0 Å². The maximum absolute atomic E-state index is 12.7. The second-order valence-corrected chi connectivity index (χ2v) is 9.98. The number of ether oxygens (including phenoxy) is 4. The summed E-state index contributed by atoms with van der Waals surface area (Å²) in [4.78, 5) is 37.2. The van der Waals surface area contributed by atoms with Crippen LogP contribution < -0.4 is 14.2 Å². The van der Waals surface area contributed by atoms with Gasteiger partial charge in [0.05, 0.1) is 24.8 Å². The summed E-state index contributed by atoms with van der Waals surface area (Å²) in [5.74, 6) is 0.683. The molecule has 0 bridgehead atoms. The van der Waals surface area contributed by atoms with Gasteiger partial charge in [-0.2, -0.15) is 0 Å². The van der Waals surface area contributed by atoms with Gasteiger partial charge in [0.2, 0.25) is 0 Å². The Labute approximate surface area is 239 Å². The minimum absolute atomic E-state index is 0.302. The molecule has 7 nitrogen and oxygen atoms in total. The molecule has 0 radical (unpaired) electrons. The Morgan fingerprint density at radius 2 is 1.45 bits per heavy atom. The Kier molecular flexibility index (Phi) is 12.3. The average Bonchev–Trinajstić information content (AvgIpc) is 2.98. The Bertz CT molecular complexity index is 1280. The van der Waals surface area contributed by atoms with Crippen LogP contribution in [0.4, 0.5) is 0 Å². The molecule has 0 N–H and O–H groups in total. The number of methoxy groups -OCH3 is 1. The normalized spacial score (nSPS) is 10.4. The lowest BCUT2D eigenvalue weighted by Crippen LogP contribution is -2.10. The zero-order chi connectivity index (χ0) is 28.7. The van der Waals surface area contributed by atoms with Crippen molar-refractivity contribution in [2.24, 2.45) is 0 Å². The summed E-state index contributed by atoms with van der Waals surface area (Å²) < 4.78 is 21.4. The maximum Gasteiger partial charge on any atom is 0.343 e. The van der Waals surface area contributed by atoms with Crippen molar-refractivity contribution in [2.45, 2.75) is 43.9 Å². The minimum atomic E-state index is -0.544. The molecule has 3 aromatic rings. The first-order valence-corrected chi connectivity index (χ1v) is 14.2. The first-order chi connectivity index (χ1) is 19.4. The molecular formula is C32H34O7S. The van der Waals surface area contributed by atoms with E-state index in [1.165, 1.54) is 5.56 Å². The second-order valence-electron chi connectivity index (χ2n) is 8.84. The Balaban J connectivity index is 1.50. The fraction of sp³-hybridized carbons (Fsp3) is 0.281. The molecule has 0 saturated carbocycles. The zero-order valence-electron chi connectivity index (χ0n) is 22.9. The van der Waals surface area contributed by atoms with Gasteiger partial charge in [-0.1, -0.05) is 32.1 Å². The lowest BCUT2D eigenvalue weighted by molar-refractivity contribution is -0.137. The third-order valence-corrected chi connectivity index (χ3v) is 7.00. The van der Waals surface area contributed by atoms with Gasteiger partial charge in [-0.15, -0.1) is 11.8 Å². The van der Waals surface area contributed by atoms with E-state index in [0.717, 1.165) is 48.8 Å². The van der Waals surface area contributed by atoms with E-state index in [4.69, 9.17) is 18.9 Å². The molecule has 0 aliphatic heterocycles. The first kappa shape index (κ1) is 30.5. The molecule has 40 heavy (non-hydrogen) atoms. The van der Waals surface area contributed by atoms with E-state index in [1.807, 2.05) is 18.2 Å². The standard InChI is InChI=1S/C32H34O7S/c1-4-6-9-23-10-15-26(16-11-23)38-31(34)24-12-17-27(18-13-24)39-32(35)25-14-19-29(28(22-25)36-3)40-21-8-7-20-37-30(33)5-2/h5,10-19,22H,2,4,6-9,20-21H2,1,3H3. The highest BCUT2D eigenvalue weighted by atomic mass is 32.2. The summed E-state index contributed by atoms with van der Waals surface area (Å²) in [6, 6.07) is 18.9. The van der Waals surface area contributed by atoms with Crippen LogP contribution in [0.15, 0.2) is 84.3 Å². The van der Waals surface area contributed by atoms with Crippen molar-refractivity contribution in [3.63, 3.8) is 0 Å². The van der Waals surface area contributed by atoms with Crippen molar-refractivity contribution >= 4 is 29.7 Å². The summed E-state index contributed by atoms with van der Waals surface area (Å²) in [5.41, 5.74) is 1.89. The molecule has 0 saturated heterocycles. The van der Waals surface area contributed by atoms with Crippen LogP contribution in [0.3, 0.4) is 0 Å². The van der Waals surface area contributed by atoms with Gasteiger partial charge in [-0.3, -0.25) is 0 Å². The molecule has 8 heteroatoms. The highest BCUT2D eigenvalue weighted by molar-refractivity contribution is 7.99. The number of carbonyl (C=O) groups excluding carboxylic acids is 3. The summed E-state index contributed by atoms with van der Waals surface area (Å²) in [6.07, 6.45) is 5.97. The van der Waals surface area contributed by atoms with Gasteiger partial charge in [-0.05, 0) is 91.6 Å². The van der Waals surface area contributed by atoms with Gasteiger partial charge in [0.25, 0.3) is 0 Å². The van der Waals surface area contributed by atoms with Gasteiger partial charge in [0.1, 0.15) is 17.2 Å². The van der Waals surface area contributed by atoms with E-state index in [0.29, 0.717) is 35.0 Å². The van der Waals surface area contributed by atoms with E-state index >= 15 is 0 Å². The fourth-order valence-corrected chi connectivity index (χ4v) is 4.64. The summed E-state index contributed by atoms with van der Waals surface area (Å²) in [7, 11) is 1.54. The third-order valence-electron chi connectivity index (χ3n) is 5.86. The molecule has 0 heterocycles. The van der Waals surface area contributed by atoms with E-state index in [9.17, 15) is 14.4 Å². The predicted molar refractivity (Wildman–Crippen MR) is 156 cm³/mol. The lowest BCUT2D eigenvalue weighted by Gasteiger charge is -2.11. The van der Waals surface area contributed by atoms with Gasteiger partial charge in [0, 0.05) is 11.0 Å². The number of aryl methyl sites for hydroxylation is 1. The molecule has 0 aromatic heterocycles. The molecule has 3 rings (SSSR count). The second kappa shape index (κ2) is 16.2. The lowest BCUT2D eigenvalue weighted by atomic mass is 10.1. The van der Waals surface area contributed by atoms with Crippen LogP contribution in [0, 0.1) is 0 Å². The smallest absolute Gasteiger partial charge is 0.343 e. The van der Waals surface area contributed by atoms with Gasteiger partial charge < -0.3 is 18.9 Å². The largest absolute Gasteiger partial charge is 0.496 e. The number of carbonyl (C=O) groups is 3. The fourth-order valence-electron chi connectivity index (χ4n) is 3.63. The average molecular weight is 563 g/mol. The number of hydrogen-bond acceptors (Lipinski definition) is 8. The molecule has 210 valence electrons. The molecule has 0 amide bonds. The minimum Gasteiger partial charge on any atom is -0.496 e. The summed E-state index contributed by atoms with van der Waals surface area (Å²) in [6.45, 7) is 5.86. The SMILES string of the molecule is C=CC(=O)OCCCCSc1ccc(C(=O)Oc2ccc(C(=O)Oc3ccc(CCCC)cc3)cc2)cc1OC. The molecule has 0 spiro atoms. The van der Waals surface area contributed by atoms with Gasteiger partial charge in [-0.25, -0.2) is 14.4 Å². The third kappa shape index (κ3) is 9.61. The van der Waals surface area contributed by atoms with E-state index < -0.39 is 17.9 Å². The summed E-state index contributed by atoms with van der Waals surface area (Å²) >= 11 is 1.59. The van der Waals surface area contributed by atoms with Crippen LogP contribution in [-0.2, 0) is 16.0 Å². The van der Waals surface area contributed by atoms with E-state index in [-0.39, 0.29) is 0 Å². The van der Waals surface area contributed by atoms with Crippen molar-refractivity contribution in [1.82, 2.24) is 0 Å². The van der Waals surface area contributed by atoms with Crippen molar-refractivity contribution < 1.29 is 33.3 Å². The molecular weight excluding hydrogens is 528 g/mol. The highest BCUT2D eigenvalue weighted by Gasteiger charge is 2.14. The van der Waals surface area contributed by atoms with Crippen molar-refractivity contribution in [3.8, 4) is 17.2 Å². The molecule has 0 fully saturated rings. The molecule has 0 aliphatic carbocycles.